The summed E-state index contributed by atoms with van der Waals surface area (Å²) in [7, 11) is 0. The van der Waals surface area contributed by atoms with Crippen LogP contribution in [-0.2, 0) is 0 Å². The number of hydrogen-bond donors (Lipinski definition) is 1. The van der Waals surface area contributed by atoms with Crippen LogP contribution in [0.5, 0.6) is 11.5 Å². The molecule has 0 fully saturated rings. The van der Waals surface area contributed by atoms with Gasteiger partial charge in [0.1, 0.15) is 11.3 Å². The molecule has 21 heavy (non-hydrogen) atoms. The summed E-state index contributed by atoms with van der Waals surface area (Å²) in [6.07, 6.45) is 1.75. The van der Waals surface area contributed by atoms with Gasteiger partial charge in [0.25, 0.3) is 0 Å². The van der Waals surface area contributed by atoms with Gasteiger partial charge in [-0.15, -0.1) is 0 Å². The van der Waals surface area contributed by atoms with Crippen LogP contribution in [0, 0.1) is 13.8 Å². The highest BCUT2D eigenvalue weighted by Gasteiger charge is 2.10. The van der Waals surface area contributed by atoms with Gasteiger partial charge in [-0.05, 0) is 65.2 Å². The van der Waals surface area contributed by atoms with E-state index in [9.17, 15) is 0 Å². The number of aromatic nitrogens is 1. The Labute approximate surface area is 131 Å². The van der Waals surface area contributed by atoms with E-state index < -0.39 is 0 Å². The molecule has 3 aromatic rings. The molecule has 0 aliphatic carbocycles. The maximum absolute atomic E-state index is 6.06. The predicted octanol–water partition coefficient (Wildman–Crippen LogP) is 4.99. The highest BCUT2D eigenvalue weighted by atomic mass is 79.9. The second-order valence-electron chi connectivity index (χ2n) is 5.00. The highest BCUT2D eigenvalue weighted by Crippen LogP contribution is 2.34. The van der Waals surface area contributed by atoms with Crippen LogP contribution in [0.15, 0.2) is 47.1 Å². The maximum Gasteiger partial charge on any atom is 0.153 e. The standard InChI is InChI=1S/C17H15BrN2O/c1-10-4-3-5-15(11(10)2)21-16-7-6-14(19)13-8-12(18)9-20-17(13)16/h3-9H,19H2,1-2H3. The summed E-state index contributed by atoms with van der Waals surface area (Å²) < 4.78 is 6.96. The number of anilines is 1. The number of halogens is 1. The molecule has 2 N–H and O–H groups in total. The third-order valence-electron chi connectivity index (χ3n) is 3.59. The first-order chi connectivity index (χ1) is 10.1. The van der Waals surface area contributed by atoms with E-state index in [2.05, 4.69) is 33.9 Å². The van der Waals surface area contributed by atoms with Crippen LogP contribution in [0.1, 0.15) is 11.1 Å². The summed E-state index contributed by atoms with van der Waals surface area (Å²) in [5, 5.41) is 0.882. The van der Waals surface area contributed by atoms with Gasteiger partial charge >= 0.3 is 0 Å². The number of hydrogen-bond acceptors (Lipinski definition) is 3. The Morgan fingerprint density at radius 1 is 1.10 bits per heavy atom. The van der Waals surface area contributed by atoms with Gasteiger partial charge in [0.05, 0.1) is 0 Å². The molecule has 1 aromatic heterocycles. The molecule has 0 amide bonds. The van der Waals surface area contributed by atoms with Gasteiger partial charge in [0.2, 0.25) is 0 Å². The van der Waals surface area contributed by atoms with Crippen molar-refractivity contribution in [3.8, 4) is 11.5 Å². The molecule has 0 spiro atoms. The molecular formula is C17H15BrN2O. The van der Waals surface area contributed by atoms with Crippen molar-refractivity contribution in [3.63, 3.8) is 0 Å². The first kappa shape index (κ1) is 13.9. The molecule has 0 aliphatic rings. The number of benzene rings is 2. The van der Waals surface area contributed by atoms with Gasteiger partial charge < -0.3 is 10.5 Å². The summed E-state index contributed by atoms with van der Waals surface area (Å²) in [6, 6.07) is 11.7. The predicted molar refractivity (Wildman–Crippen MR) is 89.8 cm³/mol. The van der Waals surface area contributed by atoms with Crippen LogP contribution < -0.4 is 10.5 Å². The fourth-order valence-electron chi connectivity index (χ4n) is 2.23. The largest absolute Gasteiger partial charge is 0.455 e. The Balaban J connectivity index is 2.13. The number of aryl methyl sites for hydroxylation is 1. The van der Waals surface area contributed by atoms with Gasteiger partial charge in [-0.25, -0.2) is 0 Å². The lowest BCUT2D eigenvalue weighted by molar-refractivity contribution is 0.483. The third-order valence-corrected chi connectivity index (χ3v) is 4.02. The minimum absolute atomic E-state index is 0.687. The highest BCUT2D eigenvalue weighted by molar-refractivity contribution is 9.10. The van der Waals surface area contributed by atoms with Gasteiger partial charge in [0, 0.05) is 21.7 Å². The normalized spacial score (nSPS) is 10.8. The van der Waals surface area contributed by atoms with Crippen molar-refractivity contribution >= 4 is 32.5 Å². The van der Waals surface area contributed by atoms with Crippen molar-refractivity contribution in [2.24, 2.45) is 0 Å². The SMILES string of the molecule is Cc1cccc(Oc2ccc(N)c3cc(Br)cnc23)c1C. The second-order valence-corrected chi connectivity index (χ2v) is 5.92. The summed E-state index contributed by atoms with van der Waals surface area (Å²) >= 11 is 3.42. The van der Waals surface area contributed by atoms with E-state index in [0.717, 1.165) is 26.7 Å². The lowest BCUT2D eigenvalue weighted by Crippen LogP contribution is -1.94. The molecule has 4 heteroatoms. The van der Waals surface area contributed by atoms with Crippen molar-refractivity contribution in [2.45, 2.75) is 13.8 Å². The van der Waals surface area contributed by atoms with E-state index in [-0.39, 0.29) is 0 Å². The van der Waals surface area contributed by atoms with E-state index in [0.29, 0.717) is 11.4 Å². The lowest BCUT2D eigenvalue weighted by atomic mass is 10.1. The monoisotopic (exact) mass is 342 g/mol. The summed E-state index contributed by atoms with van der Waals surface area (Å²) in [6.45, 7) is 4.12. The molecular weight excluding hydrogens is 328 g/mol. The van der Waals surface area contributed by atoms with Gasteiger partial charge in [0.15, 0.2) is 5.75 Å². The first-order valence-corrected chi connectivity index (χ1v) is 7.43. The van der Waals surface area contributed by atoms with Crippen LogP contribution in [0.4, 0.5) is 5.69 Å². The molecule has 3 nitrogen and oxygen atoms in total. The van der Waals surface area contributed by atoms with Crippen LogP contribution in [0.2, 0.25) is 0 Å². The number of nitrogens with zero attached hydrogens (tertiary/aromatic N) is 1. The lowest BCUT2D eigenvalue weighted by Gasteiger charge is -2.13. The summed E-state index contributed by atoms with van der Waals surface area (Å²) in [5.74, 6) is 1.55. The number of pyridine rings is 1. The molecule has 3 rings (SSSR count). The topological polar surface area (TPSA) is 48.1 Å². The Morgan fingerprint density at radius 2 is 1.90 bits per heavy atom. The quantitative estimate of drug-likeness (QED) is 0.667. The average Bonchev–Trinajstić information content (AvgIpc) is 2.47. The van der Waals surface area contributed by atoms with E-state index in [4.69, 9.17) is 10.5 Å². The van der Waals surface area contributed by atoms with E-state index in [1.807, 2.05) is 37.3 Å². The van der Waals surface area contributed by atoms with Crippen molar-refractivity contribution < 1.29 is 4.74 Å². The van der Waals surface area contributed by atoms with Crippen molar-refractivity contribution in [2.75, 3.05) is 5.73 Å². The molecule has 0 aliphatic heterocycles. The molecule has 0 unspecified atom stereocenters. The van der Waals surface area contributed by atoms with Gasteiger partial charge in [-0.3, -0.25) is 4.98 Å². The van der Waals surface area contributed by atoms with Crippen LogP contribution in [-0.4, -0.2) is 4.98 Å². The van der Waals surface area contributed by atoms with Crippen molar-refractivity contribution in [1.82, 2.24) is 4.98 Å². The van der Waals surface area contributed by atoms with Crippen LogP contribution in [0.25, 0.3) is 10.9 Å². The number of rotatable bonds is 2. The number of nitrogens with two attached hydrogens (primary N) is 1. The smallest absolute Gasteiger partial charge is 0.153 e. The zero-order chi connectivity index (χ0) is 15.0. The zero-order valence-corrected chi connectivity index (χ0v) is 13.4. The first-order valence-electron chi connectivity index (χ1n) is 6.64. The minimum Gasteiger partial charge on any atom is -0.455 e. The molecule has 0 saturated heterocycles. The number of nitrogen functional groups attached to an aromatic ring is 1. The molecule has 0 saturated carbocycles. The molecule has 0 bridgehead atoms. The van der Waals surface area contributed by atoms with E-state index in [1.54, 1.807) is 6.20 Å². The molecule has 0 atom stereocenters. The Kier molecular flexibility index (Phi) is 3.55. The molecule has 106 valence electrons. The van der Waals surface area contributed by atoms with Gasteiger partial charge in [-0.1, -0.05) is 12.1 Å². The summed E-state index contributed by atoms with van der Waals surface area (Å²) in [4.78, 5) is 4.44. The maximum atomic E-state index is 6.06. The fraction of sp³-hybridized carbons (Fsp3) is 0.118. The number of ether oxygens (including phenoxy) is 1. The van der Waals surface area contributed by atoms with Crippen molar-refractivity contribution in [3.05, 3.63) is 58.2 Å². The van der Waals surface area contributed by atoms with E-state index >= 15 is 0 Å². The second kappa shape index (κ2) is 5.37. The van der Waals surface area contributed by atoms with Crippen LogP contribution in [0.3, 0.4) is 0 Å². The number of fused-ring (bicyclic) bond motifs is 1. The van der Waals surface area contributed by atoms with E-state index in [1.165, 1.54) is 5.56 Å². The fourth-order valence-corrected chi connectivity index (χ4v) is 2.56. The minimum atomic E-state index is 0.687. The summed E-state index contributed by atoms with van der Waals surface area (Å²) in [5.41, 5.74) is 9.80. The molecule has 2 aromatic carbocycles. The average molecular weight is 343 g/mol. The van der Waals surface area contributed by atoms with Gasteiger partial charge in [-0.2, -0.15) is 0 Å². The molecule has 0 radical (unpaired) electrons. The van der Waals surface area contributed by atoms with Crippen LogP contribution >= 0.6 is 15.9 Å². The van der Waals surface area contributed by atoms with Crippen molar-refractivity contribution in [1.29, 1.82) is 0 Å². The Bertz CT molecular complexity index is 830. The Morgan fingerprint density at radius 3 is 2.71 bits per heavy atom. The third kappa shape index (κ3) is 2.59. The molecule has 1 heterocycles. The Hall–Kier alpha value is -2.07. The zero-order valence-electron chi connectivity index (χ0n) is 11.9.